The number of unbranched alkanes of at least 4 members (excludes halogenated alkanes) is 18. The van der Waals surface area contributed by atoms with E-state index in [1.807, 2.05) is 0 Å². The summed E-state index contributed by atoms with van der Waals surface area (Å²) in [6.45, 7) is 9.53. The van der Waals surface area contributed by atoms with E-state index in [2.05, 4.69) is 47.4 Å². The van der Waals surface area contributed by atoms with Gasteiger partial charge in [0.15, 0.2) is 12.4 Å². The van der Waals surface area contributed by atoms with Crippen molar-refractivity contribution in [3.05, 3.63) is 0 Å². The van der Waals surface area contributed by atoms with E-state index in [4.69, 9.17) is 16.2 Å². The van der Waals surface area contributed by atoms with Gasteiger partial charge in [0.05, 0.1) is 12.3 Å². The Kier molecular flexibility index (Phi) is 35.9. The maximum atomic E-state index is 13.2. The highest BCUT2D eigenvalue weighted by Crippen LogP contribution is 2.21. The van der Waals surface area contributed by atoms with E-state index in [-0.39, 0.29) is 24.1 Å². The summed E-state index contributed by atoms with van der Waals surface area (Å²) in [6.07, 6.45) is 20.1. The number of nitrogens with one attached hydrogen (secondary N) is 5. The highest BCUT2D eigenvalue weighted by atomic mass is 16.6. The van der Waals surface area contributed by atoms with Crippen molar-refractivity contribution in [2.45, 2.75) is 250 Å². The number of carbonyl (C=O) groups excluding carboxylic acids is 3. The molecule has 1 saturated heterocycles. The SMILES string of the molecule is CCCCCCCCCCC(NC(=O)C1OC(O)C(O)C(O)C1O)C(=O)NCCCCCCCCCCCC(=O)NCCCCCCC(CNC(N)CCC)CNC(N)CCC. The summed E-state index contributed by atoms with van der Waals surface area (Å²) < 4.78 is 5.08. The van der Waals surface area contributed by atoms with Gasteiger partial charge in [-0.1, -0.05) is 149 Å². The fraction of sp³-hybridized carbons (Fsp3) is 0.936. The molecule has 0 aromatic heterocycles. The predicted molar refractivity (Wildman–Crippen MR) is 249 cm³/mol. The first kappa shape index (κ1) is 58.1. The second-order valence-corrected chi connectivity index (χ2v) is 18.0. The van der Waals surface area contributed by atoms with Gasteiger partial charge in [-0.2, -0.15) is 0 Å². The third-order valence-electron chi connectivity index (χ3n) is 12.1. The van der Waals surface area contributed by atoms with Gasteiger partial charge in [-0.25, -0.2) is 0 Å². The molecule has 0 aromatic carbocycles. The number of carbonyl (C=O) groups is 3. The standard InChI is InChI=1S/C47H95N7O8/c1-4-7-8-9-10-14-17-23-30-37(54-46(60)44-42(57)41(56)43(58)47(61)62-44)45(59)51-33-26-20-16-13-11-12-15-18-24-31-40(55)50-32-25-21-19-22-29-36(34-52-38(48)27-5-2)35-53-39(49)28-6-3/h36-39,41-44,47,52-53,56-58,61H,4-35,48-49H2,1-3H3,(H,50,55)(H,51,59)(H,54,60). The van der Waals surface area contributed by atoms with Gasteiger partial charge >= 0.3 is 0 Å². The Morgan fingerprint density at radius 3 is 1.53 bits per heavy atom. The Morgan fingerprint density at radius 2 is 1.00 bits per heavy atom. The summed E-state index contributed by atoms with van der Waals surface area (Å²) >= 11 is 0. The lowest BCUT2D eigenvalue weighted by atomic mass is 9.97. The number of aliphatic hydroxyl groups is 4. The van der Waals surface area contributed by atoms with Gasteiger partial charge in [-0.05, 0) is 50.9 Å². The van der Waals surface area contributed by atoms with Crippen LogP contribution < -0.4 is 38.1 Å². The van der Waals surface area contributed by atoms with Crippen LogP contribution in [-0.4, -0.2) is 113 Å². The van der Waals surface area contributed by atoms with Crippen molar-refractivity contribution in [3.63, 3.8) is 0 Å². The number of rotatable bonds is 41. The second kappa shape index (κ2) is 38.3. The minimum Gasteiger partial charge on any atom is -0.387 e. The molecule has 366 valence electrons. The highest BCUT2D eigenvalue weighted by Gasteiger charge is 2.46. The van der Waals surface area contributed by atoms with E-state index in [1.54, 1.807) is 0 Å². The molecule has 1 heterocycles. The molecule has 1 aliphatic rings. The van der Waals surface area contributed by atoms with E-state index in [9.17, 15) is 34.8 Å². The van der Waals surface area contributed by atoms with Gasteiger partial charge in [0.25, 0.3) is 5.91 Å². The first-order valence-electron chi connectivity index (χ1n) is 25.1. The largest absolute Gasteiger partial charge is 0.387 e. The van der Waals surface area contributed by atoms with E-state index in [0.29, 0.717) is 25.3 Å². The Morgan fingerprint density at radius 1 is 0.532 bits per heavy atom. The topological polar surface area (TPSA) is 254 Å². The Hall–Kier alpha value is -1.95. The fourth-order valence-electron chi connectivity index (χ4n) is 8.03. The van der Waals surface area contributed by atoms with Gasteiger partial charge in [0, 0.05) is 32.6 Å². The highest BCUT2D eigenvalue weighted by molar-refractivity contribution is 5.89. The molecule has 0 bridgehead atoms. The zero-order chi connectivity index (χ0) is 45.8. The molecule has 0 radical (unpaired) electrons. The monoisotopic (exact) mass is 886 g/mol. The van der Waals surface area contributed by atoms with Crippen LogP contribution in [-0.2, 0) is 19.1 Å². The molecule has 0 aromatic rings. The third-order valence-corrected chi connectivity index (χ3v) is 12.1. The van der Waals surface area contributed by atoms with Crippen molar-refractivity contribution in [3.8, 4) is 0 Å². The molecule has 1 aliphatic heterocycles. The molecule has 8 unspecified atom stereocenters. The van der Waals surface area contributed by atoms with Crippen LogP contribution >= 0.6 is 0 Å². The van der Waals surface area contributed by atoms with Crippen LogP contribution in [0.25, 0.3) is 0 Å². The Labute approximate surface area is 376 Å². The van der Waals surface area contributed by atoms with Crippen molar-refractivity contribution in [1.29, 1.82) is 0 Å². The van der Waals surface area contributed by atoms with Crippen molar-refractivity contribution < 1.29 is 39.5 Å². The number of ether oxygens (including phenoxy) is 1. The Bertz CT molecular complexity index is 1090. The predicted octanol–water partition coefficient (Wildman–Crippen LogP) is 4.85. The number of aliphatic hydroxyl groups excluding tert-OH is 4. The van der Waals surface area contributed by atoms with Crippen LogP contribution in [0.2, 0.25) is 0 Å². The maximum Gasteiger partial charge on any atom is 0.252 e. The van der Waals surface area contributed by atoms with Crippen LogP contribution in [0.15, 0.2) is 0 Å². The molecule has 3 amide bonds. The normalized spacial score (nSPS) is 21.0. The quantitative estimate of drug-likeness (QED) is 0.0291. The van der Waals surface area contributed by atoms with Gasteiger partial charge in [0.2, 0.25) is 11.8 Å². The van der Waals surface area contributed by atoms with Gasteiger partial charge in [-0.15, -0.1) is 0 Å². The summed E-state index contributed by atoms with van der Waals surface area (Å²) in [5, 5.41) is 55.7. The van der Waals surface area contributed by atoms with Gasteiger partial charge in [0.1, 0.15) is 24.4 Å². The lowest BCUT2D eigenvalue weighted by Crippen LogP contribution is -2.63. The first-order valence-corrected chi connectivity index (χ1v) is 25.1. The average molecular weight is 886 g/mol. The molecular formula is C47H95N7O8. The zero-order valence-corrected chi connectivity index (χ0v) is 39.4. The molecule has 15 heteroatoms. The average Bonchev–Trinajstić information content (AvgIpc) is 3.25. The van der Waals surface area contributed by atoms with Crippen LogP contribution in [0.4, 0.5) is 0 Å². The summed E-state index contributed by atoms with van der Waals surface area (Å²) in [4.78, 5) is 38.5. The molecule has 1 rings (SSSR count). The summed E-state index contributed by atoms with van der Waals surface area (Å²) in [7, 11) is 0. The van der Waals surface area contributed by atoms with Gasteiger partial charge < -0.3 is 63.2 Å². The van der Waals surface area contributed by atoms with Crippen molar-refractivity contribution >= 4 is 17.7 Å². The fourth-order valence-corrected chi connectivity index (χ4v) is 8.03. The molecular weight excluding hydrogens is 791 g/mol. The van der Waals surface area contributed by atoms with Crippen LogP contribution in [0.1, 0.15) is 201 Å². The molecule has 0 aliphatic carbocycles. The van der Waals surface area contributed by atoms with E-state index >= 15 is 0 Å². The lowest BCUT2D eigenvalue weighted by Gasteiger charge is -2.37. The Balaban J connectivity index is 2.19. The minimum atomic E-state index is -1.84. The van der Waals surface area contributed by atoms with E-state index < -0.39 is 42.7 Å². The number of amides is 3. The first-order chi connectivity index (χ1) is 29.9. The molecule has 15 nitrogen and oxygen atoms in total. The van der Waals surface area contributed by atoms with Crippen molar-refractivity contribution in [2.24, 2.45) is 17.4 Å². The number of hydrogen-bond acceptors (Lipinski definition) is 12. The number of hydrogen-bond donors (Lipinski definition) is 11. The molecule has 0 spiro atoms. The smallest absolute Gasteiger partial charge is 0.252 e. The summed E-state index contributed by atoms with van der Waals surface area (Å²) in [5.74, 6) is -0.481. The summed E-state index contributed by atoms with van der Waals surface area (Å²) in [5.41, 5.74) is 12.4. The van der Waals surface area contributed by atoms with E-state index in [1.165, 1.54) is 25.7 Å². The molecule has 1 fully saturated rings. The van der Waals surface area contributed by atoms with Crippen LogP contribution in [0.5, 0.6) is 0 Å². The maximum absolute atomic E-state index is 13.2. The lowest BCUT2D eigenvalue weighted by molar-refractivity contribution is -0.275. The van der Waals surface area contributed by atoms with Crippen LogP contribution in [0.3, 0.4) is 0 Å². The van der Waals surface area contributed by atoms with E-state index in [0.717, 1.165) is 161 Å². The zero-order valence-electron chi connectivity index (χ0n) is 39.4. The number of nitrogens with two attached hydrogens (primary N) is 2. The molecule has 8 atom stereocenters. The third kappa shape index (κ3) is 28.8. The molecule has 0 saturated carbocycles. The molecule has 13 N–H and O–H groups in total. The van der Waals surface area contributed by atoms with Gasteiger partial charge in [-0.3, -0.25) is 14.4 Å². The van der Waals surface area contributed by atoms with Crippen molar-refractivity contribution in [1.82, 2.24) is 26.6 Å². The second-order valence-electron chi connectivity index (χ2n) is 18.0. The van der Waals surface area contributed by atoms with Crippen LogP contribution in [0, 0.1) is 5.92 Å². The molecule has 62 heavy (non-hydrogen) atoms. The minimum absolute atomic E-state index is 0.0473. The van der Waals surface area contributed by atoms with Crippen molar-refractivity contribution in [2.75, 3.05) is 26.2 Å². The summed E-state index contributed by atoms with van der Waals surface area (Å²) in [6, 6.07) is -0.850.